The number of nitrogens with two attached hydrogens (primary N) is 1. The van der Waals surface area contributed by atoms with Crippen LogP contribution in [0.15, 0.2) is 42.5 Å². The molecule has 0 saturated carbocycles. The topological polar surface area (TPSA) is 68.3 Å². The number of hydrogen-bond donors (Lipinski definition) is 2. The molecule has 0 bridgehead atoms. The first-order valence-electron chi connectivity index (χ1n) is 6.50. The number of nitrogen functional groups attached to an aromatic ring is 1. The number of rotatable bonds is 6. The van der Waals surface area contributed by atoms with Gasteiger partial charge >= 0.3 is 0 Å². The monoisotopic (exact) mass is 304 g/mol. The molecule has 0 saturated heterocycles. The average molecular weight is 305 g/mol. The minimum absolute atomic E-state index is 0.0611. The minimum Gasteiger partial charge on any atom is -0.457 e. The van der Waals surface area contributed by atoms with E-state index < -0.39 is 0 Å². The standard InChI is InChI=1S/C16H17ClN2O2/c1-20-9-8-11-2-4-12(5-3-11)21-13-6-7-14(16(18)19)15(17)10-13/h2-7,10H,8-9H2,1H3,(H3,18,19). The van der Waals surface area contributed by atoms with Crippen LogP contribution in [0.4, 0.5) is 0 Å². The van der Waals surface area contributed by atoms with Crippen LogP contribution in [0.2, 0.25) is 5.02 Å². The second-order valence-corrected chi connectivity index (χ2v) is 4.95. The molecule has 21 heavy (non-hydrogen) atoms. The molecule has 0 spiro atoms. The zero-order valence-corrected chi connectivity index (χ0v) is 12.5. The SMILES string of the molecule is COCCc1ccc(Oc2ccc(C(=N)N)c(Cl)c2)cc1. The van der Waals surface area contributed by atoms with E-state index in [1.165, 1.54) is 5.56 Å². The summed E-state index contributed by atoms with van der Waals surface area (Å²) in [6.07, 6.45) is 0.871. The molecular formula is C16H17ClN2O2. The van der Waals surface area contributed by atoms with E-state index in [0.29, 0.717) is 22.9 Å². The van der Waals surface area contributed by atoms with E-state index in [9.17, 15) is 0 Å². The van der Waals surface area contributed by atoms with Crippen molar-refractivity contribution in [1.29, 1.82) is 5.41 Å². The smallest absolute Gasteiger partial charge is 0.128 e. The number of benzene rings is 2. The molecule has 0 fully saturated rings. The quantitative estimate of drug-likeness (QED) is 0.633. The first kappa shape index (κ1) is 15.4. The Labute approximate surface area is 129 Å². The molecule has 0 radical (unpaired) electrons. The van der Waals surface area contributed by atoms with Crippen molar-refractivity contribution in [2.45, 2.75) is 6.42 Å². The molecule has 5 heteroatoms. The number of nitrogens with one attached hydrogen (secondary N) is 1. The van der Waals surface area contributed by atoms with E-state index in [2.05, 4.69) is 0 Å². The molecular weight excluding hydrogens is 288 g/mol. The van der Waals surface area contributed by atoms with Crippen LogP contribution in [-0.4, -0.2) is 19.6 Å². The summed E-state index contributed by atoms with van der Waals surface area (Å²) in [4.78, 5) is 0. The van der Waals surface area contributed by atoms with Gasteiger partial charge in [-0.05, 0) is 36.2 Å². The van der Waals surface area contributed by atoms with Gasteiger partial charge in [0.2, 0.25) is 0 Å². The van der Waals surface area contributed by atoms with Gasteiger partial charge < -0.3 is 15.2 Å². The first-order chi connectivity index (χ1) is 10.1. The number of methoxy groups -OCH3 is 1. The molecule has 0 aliphatic heterocycles. The molecule has 4 nitrogen and oxygen atoms in total. The van der Waals surface area contributed by atoms with Gasteiger partial charge in [0.15, 0.2) is 0 Å². The van der Waals surface area contributed by atoms with Crippen molar-refractivity contribution in [3.05, 3.63) is 58.6 Å². The third kappa shape index (κ3) is 4.21. The lowest BCUT2D eigenvalue weighted by Crippen LogP contribution is -2.11. The maximum absolute atomic E-state index is 7.39. The molecule has 0 aliphatic rings. The Hall–Kier alpha value is -2.04. The maximum atomic E-state index is 7.39. The third-order valence-corrected chi connectivity index (χ3v) is 3.30. The molecule has 0 atom stereocenters. The molecule has 2 aromatic rings. The Balaban J connectivity index is 2.07. The van der Waals surface area contributed by atoms with Gasteiger partial charge in [0, 0.05) is 18.7 Å². The van der Waals surface area contributed by atoms with Crippen LogP contribution < -0.4 is 10.5 Å². The van der Waals surface area contributed by atoms with E-state index in [1.807, 2.05) is 24.3 Å². The van der Waals surface area contributed by atoms with Gasteiger partial charge in [0.25, 0.3) is 0 Å². The highest BCUT2D eigenvalue weighted by atomic mass is 35.5. The van der Waals surface area contributed by atoms with Crippen molar-refractivity contribution >= 4 is 17.4 Å². The zero-order valence-electron chi connectivity index (χ0n) is 11.7. The third-order valence-electron chi connectivity index (χ3n) is 2.98. The summed E-state index contributed by atoms with van der Waals surface area (Å²) >= 11 is 6.06. The Kier molecular flexibility index (Phi) is 5.20. The number of halogens is 1. The molecule has 3 N–H and O–H groups in total. The lowest BCUT2D eigenvalue weighted by atomic mass is 10.1. The molecule has 0 aromatic heterocycles. The van der Waals surface area contributed by atoms with E-state index >= 15 is 0 Å². The number of ether oxygens (including phenoxy) is 2. The predicted octanol–water partition coefficient (Wildman–Crippen LogP) is 3.61. The minimum atomic E-state index is -0.0611. The highest BCUT2D eigenvalue weighted by molar-refractivity contribution is 6.34. The van der Waals surface area contributed by atoms with Gasteiger partial charge in [-0.1, -0.05) is 23.7 Å². The van der Waals surface area contributed by atoms with E-state index in [-0.39, 0.29) is 5.84 Å². The van der Waals surface area contributed by atoms with Crippen LogP contribution in [0.1, 0.15) is 11.1 Å². The van der Waals surface area contributed by atoms with Crippen molar-refractivity contribution in [2.24, 2.45) is 5.73 Å². The highest BCUT2D eigenvalue weighted by Crippen LogP contribution is 2.26. The lowest BCUT2D eigenvalue weighted by molar-refractivity contribution is 0.202. The molecule has 110 valence electrons. The second kappa shape index (κ2) is 7.11. The van der Waals surface area contributed by atoms with Crippen LogP contribution in [0.5, 0.6) is 11.5 Å². The van der Waals surface area contributed by atoms with Crippen molar-refractivity contribution in [2.75, 3.05) is 13.7 Å². The van der Waals surface area contributed by atoms with Crippen LogP contribution in [0.25, 0.3) is 0 Å². The van der Waals surface area contributed by atoms with Crippen molar-refractivity contribution in [3.63, 3.8) is 0 Å². The summed E-state index contributed by atoms with van der Waals surface area (Å²) in [7, 11) is 1.69. The normalized spacial score (nSPS) is 10.4. The molecule has 0 heterocycles. The molecule has 0 aliphatic carbocycles. The van der Waals surface area contributed by atoms with Crippen LogP contribution in [0, 0.1) is 5.41 Å². The highest BCUT2D eigenvalue weighted by Gasteiger charge is 2.06. The molecule has 2 aromatic carbocycles. The first-order valence-corrected chi connectivity index (χ1v) is 6.87. The summed E-state index contributed by atoms with van der Waals surface area (Å²) in [6, 6.07) is 12.9. The lowest BCUT2D eigenvalue weighted by Gasteiger charge is -2.09. The van der Waals surface area contributed by atoms with E-state index in [0.717, 1.165) is 12.2 Å². The summed E-state index contributed by atoms with van der Waals surface area (Å²) in [6.45, 7) is 0.697. The van der Waals surface area contributed by atoms with Crippen LogP contribution >= 0.6 is 11.6 Å². The fraction of sp³-hybridized carbons (Fsp3) is 0.188. The van der Waals surface area contributed by atoms with E-state index in [4.69, 9.17) is 32.2 Å². The predicted molar refractivity (Wildman–Crippen MR) is 84.6 cm³/mol. The van der Waals surface area contributed by atoms with Crippen LogP contribution in [-0.2, 0) is 11.2 Å². The fourth-order valence-electron chi connectivity index (χ4n) is 1.86. The van der Waals surface area contributed by atoms with Crippen molar-refractivity contribution < 1.29 is 9.47 Å². The largest absolute Gasteiger partial charge is 0.457 e. The van der Waals surface area contributed by atoms with Gasteiger partial charge in [0.1, 0.15) is 17.3 Å². The summed E-state index contributed by atoms with van der Waals surface area (Å²) in [5.41, 5.74) is 7.11. The zero-order chi connectivity index (χ0) is 15.2. The van der Waals surface area contributed by atoms with Gasteiger partial charge in [0.05, 0.1) is 11.6 Å². The Morgan fingerprint density at radius 3 is 2.38 bits per heavy atom. The number of amidine groups is 1. The maximum Gasteiger partial charge on any atom is 0.128 e. The number of hydrogen-bond acceptors (Lipinski definition) is 3. The van der Waals surface area contributed by atoms with Gasteiger partial charge in [-0.3, -0.25) is 5.41 Å². The van der Waals surface area contributed by atoms with Crippen molar-refractivity contribution in [3.8, 4) is 11.5 Å². The summed E-state index contributed by atoms with van der Waals surface area (Å²) in [5, 5.41) is 7.79. The molecule has 0 amide bonds. The van der Waals surface area contributed by atoms with Gasteiger partial charge in [-0.2, -0.15) is 0 Å². The van der Waals surface area contributed by atoms with Gasteiger partial charge in [-0.15, -0.1) is 0 Å². The summed E-state index contributed by atoms with van der Waals surface area (Å²) in [5.74, 6) is 1.27. The second-order valence-electron chi connectivity index (χ2n) is 4.54. The fourth-order valence-corrected chi connectivity index (χ4v) is 2.13. The molecule has 2 rings (SSSR count). The van der Waals surface area contributed by atoms with Crippen molar-refractivity contribution in [1.82, 2.24) is 0 Å². The Morgan fingerprint density at radius 1 is 1.14 bits per heavy atom. The average Bonchev–Trinajstić information content (AvgIpc) is 2.46. The van der Waals surface area contributed by atoms with Crippen LogP contribution in [0.3, 0.4) is 0 Å². The molecule has 0 unspecified atom stereocenters. The van der Waals surface area contributed by atoms with Gasteiger partial charge in [-0.25, -0.2) is 0 Å². The summed E-state index contributed by atoms with van der Waals surface area (Å²) < 4.78 is 10.8. The Bertz CT molecular complexity index is 627. The Morgan fingerprint density at radius 2 is 1.81 bits per heavy atom. The van der Waals surface area contributed by atoms with E-state index in [1.54, 1.807) is 25.3 Å².